The molecule has 0 radical (unpaired) electrons. The molecule has 0 unspecified atom stereocenters. The molecule has 0 aliphatic carbocycles. The fraction of sp³-hybridized carbons (Fsp3) is 0.571. The van der Waals surface area contributed by atoms with Gasteiger partial charge in [0.2, 0.25) is 0 Å². The molecule has 2 N–H and O–H groups in total. The van der Waals surface area contributed by atoms with E-state index >= 15 is 0 Å². The zero-order valence-electron chi connectivity index (χ0n) is 11.6. The molecule has 0 bridgehead atoms. The molecule has 6 heteroatoms. The molecule has 2 nitrogen and oxygen atoms in total. The molecule has 1 aromatic rings. The molecule has 0 saturated heterocycles. The number of alkyl halides is 3. The van der Waals surface area contributed by atoms with E-state index in [-0.39, 0.29) is 0 Å². The quantitative estimate of drug-likeness (QED) is 0.595. The topological polar surface area (TPSA) is 24.1 Å². The van der Waals surface area contributed by atoms with Crippen LogP contribution in [0.25, 0.3) is 0 Å². The molecule has 1 aromatic carbocycles. The van der Waals surface area contributed by atoms with Crippen LogP contribution in [0.3, 0.4) is 0 Å². The second kappa shape index (κ2) is 7.59. The van der Waals surface area contributed by atoms with Crippen LogP contribution in [0.1, 0.15) is 31.4 Å². The van der Waals surface area contributed by atoms with E-state index in [1.54, 1.807) is 0 Å². The van der Waals surface area contributed by atoms with Crippen molar-refractivity contribution in [2.24, 2.45) is 0 Å². The second-order valence-corrected chi connectivity index (χ2v) is 4.95. The molecule has 0 atom stereocenters. The fourth-order valence-corrected chi connectivity index (χ4v) is 1.74. The van der Waals surface area contributed by atoms with Gasteiger partial charge in [-0.3, -0.25) is 0 Å². The summed E-state index contributed by atoms with van der Waals surface area (Å²) < 4.78 is 50.7. The molecule has 114 valence electrons. The molecular weight excluding hydrogens is 272 g/mol. The number of halogens is 4. The van der Waals surface area contributed by atoms with E-state index in [2.05, 4.69) is 10.6 Å². The summed E-state index contributed by atoms with van der Waals surface area (Å²) in [4.78, 5) is 0. The van der Waals surface area contributed by atoms with E-state index in [1.807, 2.05) is 13.8 Å². The summed E-state index contributed by atoms with van der Waals surface area (Å²) in [5.41, 5.74) is -0.784. The summed E-state index contributed by atoms with van der Waals surface area (Å²) in [7, 11) is 0. The minimum atomic E-state index is -4.65. The highest BCUT2D eigenvalue weighted by molar-refractivity contribution is 5.27. The molecule has 0 aliphatic rings. The number of hydrogen-bond acceptors (Lipinski definition) is 2. The van der Waals surface area contributed by atoms with Crippen LogP contribution in [0.4, 0.5) is 17.6 Å². The third kappa shape index (κ3) is 5.88. The monoisotopic (exact) mass is 292 g/mol. The summed E-state index contributed by atoms with van der Waals surface area (Å²) in [5, 5.41) is 6.29. The van der Waals surface area contributed by atoms with Crippen molar-refractivity contribution in [1.82, 2.24) is 10.6 Å². The Morgan fingerprint density at radius 1 is 1.15 bits per heavy atom. The van der Waals surface area contributed by atoms with Crippen LogP contribution in [0.5, 0.6) is 0 Å². The average molecular weight is 292 g/mol. The minimum Gasteiger partial charge on any atom is -0.314 e. The predicted molar refractivity (Wildman–Crippen MR) is 70.9 cm³/mol. The van der Waals surface area contributed by atoms with E-state index < -0.39 is 17.6 Å². The van der Waals surface area contributed by atoms with Crippen LogP contribution in [-0.4, -0.2) is 19.1 Å². The number of benzene rings is 1. The maximum absolute atomic E-state index is 13.1. The average Bonchev–Trinajstić information content (AvgIpc) is 2.33. The molecule has 0 spiro atoms. The zero-order chi connectivity index (χ0) is 15.2. The normalized spacial score (nSPS) is 12.2. The van der Waals surface area contributed by atoms with Crippen LogP contribution in [0, 0.1) is 5.82 Å². The van der Waals surface area contributed by atoms with Crippen LogP contribution < -0.4 is 10.6 Å². The Balaban J connectivity index is 2.41. The lowest BCUT2D eigenvalue weighted by Gasteiger charge is -2.11. The van der Waals surface area contributed by atoms with Crippen molar-refractivity contribution < 1.29 is 17.6 Å². The first-order valence-electron chi connectivity index (χ1n) is 6.60. The number of nitrogens with one attached hydrogen (secondary N) is 2. The molecule has 1 rings (SSSR count). The zero-order valence-corrected chi connectivity index (χ0v) is 11.6. The van der Waals surface area contributed by atoms with E-state index in [0.29, 0.717) is 24.7 Å². The summed E-state index contributed by atoms with van der Waals surface area (Å²) in [6.07, 6.45) is -3.77. The summed E-state index contributed by atoms with van der Waals surface area (Å²) in [6, 6.07) is 3.50. The highest BCUT2D eigenvalue weighted by Crippen LogP contribution is 2.31. The van der Waals surface area contributed by atoms with Crippen LogP contribution in [-0.2, 0) is 12.7 Å². The maximum Gasteiger partial charge on any atom is 0.419 e. The third-order valence-electron chi connectivity index (χ3n) is 2.75. The van der Waals surface area contributed by atoms with Gasteiger partial charge in [0.25, 0.3) is 0 Å². The van der Waals surface area contributed by atoms with E-state index in [9.17, 15) is 17.6 Å². The first-order chi connectivity index (χ1) is 9.30. The molecule has 20 heavy (non-hydrogen) atoms. The maximum atomic E-state index is 13.1. The Labute approximate surface area is 116 Å². The van der Waals surface area contributed by atoms with Gasteiger partial charge in [-0.05, 0) is 37.2 Å². The van der Waals surface area contributed by atoms with E-state index in [1.165, 1.54) is 6.07 Å². The largest absolute Gasteiger partial charge is 0.419 e. The Bertz CT molecular complexity index is 416. The van der Waals surface area contributed by atoms with Gasteiger partial charge in [-0.2, -0.15) is 13.2 Å². The van der Waals surface area contributed by atoms with Gasteiger partial charge in [-0.25, -0.2) is 4.39 Å². The number of hydrogen-bond donors (Lipinski definition) is 2. The lowest BCUT2D eigenvalue weighted by molar-refractivity contribution is -0.140. The molecule has 0 saturated carbocycles. The molecule has 0 amide bonds. The van der Waals surface area contributed by atoms with Crippen molar-refractivity contribution in [2.75, 3.05) is 13.1 Å². The van der Waals surface area contributed by atoms with E-state index in [0.717, 1.165) is 25.1 Å². The molecule has 0 heterocycles. The Hall–Kier alpha value is -1.14. The Morgan fingerprint density at radius 2 is 1.85 bits per heavy atom. The standard InChI is InChI=1S/C14H20F4N2/c1-10(2)20-7-3-6-19-9-11-4-5-13(15)12(8-11)14(16,17)18/h4-5,8,10,19-20H,3,6-7,9H2,1-2H3. The van der Waals surface area contributed by atoms with Crippen molar-refractivity contribution in [3.8, 4) is 0 Å². The summed E-state index contributed by atoms with van der Waals surface area (Å²) in [5.74, 6) is -1.23. The van der Waals surface area contributed by atoms with Gasteiger partial charge < -0.3 is 10.6 Å². The van der Waals surface area contributed by atoms with Gasteiger partial charge in [0, 0.05) is 12.6 Å². The fourth-order valence-electron chi connectivity index (χ4n) is 1.74. The van der Waals surface area contributed by atoms with Crippen molar-refractivity contribution in [2.45, 2.75) is 39.0 Å². The van der Waals surface area contributed by atoms with Gasteiger partial charge in [-0.1, -0.05) is 19.9 Å². The third-order valence-corrected chi connectivity index (χ3v) is 2.75. The summed E-state index contributed by atoms with van der Waals surface area (Å²) in [6.45, 7) is 5.93. The lowest BCUT2D eigenvalue weighted by atomic mass is 10.1. The van der Waals surface area contributed by atoms with Gasteiger partial charge >= 0.3 is 6.18 Å². The van der Waals surface area contributed by atoms with Crippen LogP contribution in [0.15, 0.2) is 18.2 Å². The highest BCUT2D eigenvalue weighted by atomic mass is 19.4. The van der Waals surface area contributed by atoms with Crippen molar-refractivity contribution in [3.63, 3.8) is 0 Å². The van der Waals surface area contributed by atoms with Gasteiger partial charge in [0.05, 0.1) is 5.56 Å². The SMILES string of the molecule is CC(C)NCCCNCc1ccc(F)c(C(F)(F)F)c1. The molecule has 0 fully saturated rings. The van der Waals surface area contributed by atoms with Crippen LogP contribution >= 0.6 is 0 Å². The first kappa shape index (κ1) is 16.9. The minimum absolute atomic E-state index is 0.297. The Morgan fingerprint density at radius 3 is 2.45 bits per heavy atom. The van der Waals surface area contributed by atoms with Crippen LogP contribution in [0.2, 0.25) is 0 Å². The smallest absolute Gasteiger partial charge is 0.314 e. The van der Waals surface area contributed by atoms with Gasteiger partial charge in [0.1, 0.15) is 5.82 Å². The van der Waals surface area contributed by atoms with Crippen molar-refractivity contribution >= 4 is 0 Å². The van der Waals surface area contributed by atoms with E-state index in [4.69, 9.17) is 0 Å². The first-order valence-corrected chi connectivity index (χ1v) is 6.60. The second-order valence-electron chi connectivity index (χ2n) is 4.95. The number of rotatable bonds is 7. The lowest BCUT2D eigenvalue weighted by Crippen LogP contribution is -2.26. The molecular formula is C14H20F4N2. The Kier molecular flexibility index (Phi) is 6.42. The molecule has 0 aliphatic heterocycles. The highest BCUT2D eigenvalue weighted by Gasteiger charge is 2.34. The van der Waals surface area contributed by atoms with Gasteiger partial charge in [-0.15, -0.1) is 0 Å². The van der Waals surface area contributed by atoms with Gasteiger partial charge in [0.15, 0.2) is 0 Å². The predicted octanol–water partition coefficient (Wildman–Crippen LogP) is 3.32. The van der Waals surface area contributed by atoms with Crippen molar-refractivity contribution in [3.05, 3.63) is 35.1 Å². The van der Waals surface area contributed by atoms with Crippen molar-refractivity contribution in [1.29, 1.82) is 0 Å². The summed E-state index contributed by atoms with van der Waals surface area (Å²) >= 11 is 0. The molecule has 0 aromatic heterocycles.